The van der Waals surface area contributed by atoms with Gasteiger partial charge in [0.05, 0.1) is 17.5 Å². The number of rotatable bonds is 5. The van der Waals surface area contributed by atoms with Gasteiger partial charge in [-0.1, -0.05) is 17.9 Å². The van der Waals surface area contributed by atoms with Crippen molar-refractivity contribution >= 4 is 6.20 Å². The van der Waals surface area contributed by atoms with E-state index in [1.165, 1.54) is 12.0 Å². The van der Waals surface area contributed by atoms with Crippen LogP contribution < -0.4 is 4.74 Å². The molecule has 8 heteroatoms. The van der Waals surface area contributed by atoms with Gasteiger partial charge in [0.1, 0.15) is 17.8 Å². The van der Waals surface area contributed by atoms with Crippen LogP contribution in [0, 0.1) is 23.2 Å². The molecular formula is C27H30N6O2. The number of aliphatic hydroxyl groups is 1. The molecule has 2 aromatic heterocycles. The zero-order chi connectivity index (χ0) is 24.2. The lowest BCUT2D eigenvalue weighted by atomic mass is 9.84. The summed E-state index contributed by atoms with van der Waals surface area (Å²) < 4.78 is 7.55. The van der Waals surface area contributed by atoms with Gasteiger partial charge < -0.3 is 9.84 Å². The summed E-state index contributed by atoms with van der Waals surface area (Å²) in [7, 11) is 0. The molecule has 0 aromatic carbocycles. The summed E-state index contributed by atoms with van der Waals surface area (Å²) in [5.74, 6) is 6.92. The Morgan fingerprint density at radius 2 is 2.00 bits per heavy atom. The smallest absolute Gasteiger partial charge is 0.213 e. The maximum atomic E-state index is 10.2. The van der Waals surface area contributed by atoms with Crippen LogP contribution in [0.15, 0.2) is 30.1 Å². The molecular weight excluding hydrogens is 440 g/mol. The number of aromatic nitrogens is 3. The molecule has 2 bridgehead atoms. The Bertz CT molecular complexity index is 1240. The molecule has 0 radical (unpaired) electrons. The van der Waals surface area contributed by atoms with Gasteiger partial charge in [0.15, 0.2) is 0 Å². The van der Waals surface area contributed by atoms with Gasteiger partial charge in [-0.3, -0.25) is 9.80 Å². The molecule has 1 saturated carbocycles. The van der Waals surface area contributed by atoms with E-state index in [0.717, 1.165) is 49.6 Å². The minimum atomic E-state index is -1.07. The van der Waals surface area contributed by atoms with Crippen LogP contribution in [-0.4, -0.2) is 72.6 Å². The molecule has 35 heavy (non-hydrogen) atoms. The molecule has 4 fully saturated rings. The maximum Gasteiger partial charge on any atom is 0.213 e. The van der Waals surface area contributed by atoms with Gasteiger partial charge in [-0.05, 0) is 38.7 Å². The van der Waals surface area contributed by atoms with Crippen LogP contribution in [-0.2, 0) is 13.0 Å². The topological polar surface area (TPSA) is 90.4 Å². The fourth-order valence-corrected chi connectivity index (χ4v) is 5.35. The molecule has 3 saturated heterocycles. The molecule has 3 atom stereocenters. The summed E-state index contributed by atoms with van der Waals surface area (Å²) >= 11 is 0. The Kier molecular flexibility index (Phi) is 5.41. The second-order valence-electron chi connectivity index (χ2n) is 10.7. The standard InChI is InChI=1S/C27H30N6O2/c1-27(2,34)8-7-19-15-33-25(20(11-28)13-30-33)10-24(19)31-16-21-9-22(17-31)32(21)14-18-3-6-26(29-12-18)35-23-4-5-23/h3,6,12-13,15,21-24,34H,4-5,9-10,14,16-17H2,1-2H3. The van der Waals surface area contributed by atoms with Gasteiger partial charge >= 0.3 is 0 Å². The molecule has 1 N–H and O–H groups in total. The monoisotopic (exact) mass is 470 g/mol. The third-order valence-corrected chi connectivity index (χ3v) is 7.33. The number of hydrogen-bond donors (Lipinski definition) is 1. The highest BCUT2D eigenvalue weighted by Gasteiger charge is 2.47. The molecule has 6 heterocycles. The SMILES string of the molecule is CC(C)(O)C#CC1=Cn2ncc(C#N)c2CC1N1CC2CC(C1)N2Cc1ccc(OC2CC2)nc1. The van der Waals surface area contributed by atoms with Gasteiger partial charge in [-0.2, -0.15) is 10.4 Å². The molecule has 7 rings (SSSR count). The zero-order valence-electron chi connectivity index (χ0n) is 20.2. The zero-order valence-corrected chi connectivity index (χ0v) is 20.2. The number of fused-ring (bicyclic) bond motifs is 3. The average molecular weight is 471 g/mol. The molecule has 5 aliphatic rings. The molecule has 0 amide bonds. The van der Waals surface area contributed by atoms with E-state index in [2.05, 4.69) is 43.9 Å². The second-order valence-corrected chi connectivity index (χ2v) is 10.7. The number of ether oxygens (including phenoxy) is 1. The van der Waals surface area contributed by atoms with Crippen LogP contribution in [0.2, 0.25) is 0 Å². The largest absolute Gasteiger partial charge is 0.474 e. The predicted molar refractivity (Wildman–Crippen MR) is 130 cm³/mol. The Hall–Kier alpha value is -3.17. The van der Waals surface area contributed by atoms with Gasteiger partial charge in [0.25, 0.3) is 0 Å². The van der Waals surface area contributed by atoms with Crippen LogP contribution in [0.5, 0.6) is 5.88 Å². The average Bonchev–Trinajstić information content (AvgIpc) is 3.57. The van der Waals surface area contributed by atoms with Gasteiger partial charge in [0.2, 0.25) is 5.88 Å². The number of piperazine rings is 1. The van der Waals surface area contributed by atoms with Crippen molar-refractivity contribution in [2.75, 3.05) is 13.1 Å². The summed E-state index contributed by atoms with van der Waals surface area (Å²) in [5, 5.41) is 24.0. The molecule has 0 spiro atoms. The second kappa shape index (κ2) is 8.49. The molecule has 3 unspecified atom stereocenters. The minimum Gasteiger partial charge on any atom is -0.474 e. The van der Waals surface area contributed by atoms with Crippen molar-refractivity contribution in [2.45, 2.75) is 75.9 Å². The van der Waals surface area contributed by atoms with Crippen molar-refractivity contribution in [2.24, 2.45) is 0 Å². The van der Waals surface area contributed by atoms with E-state index in [4.69, 9.17) is 4.74 Å². The lowest BCUT2D eigenvalue weighted by Crippen LogP contribution is -2.69. The van der Waals surface area contributed by atoms with Crippen LogP contribution in [0.3, 0.4) is 0 Å². The predicted octanol–water partition coefficient (Wildman–Crippen LogP) is 2.19. The number of nitriles is 1. The van der Waals surface area contributed by atoms with Gasteiger partial charge in [0, 0.05) is 68.2 Å². The first kappa shape index (κ1) is 22.3. The number of piperidine rings is 1. The maximum absolute atomic E-state index is 10.2. The highest BCUT2D eigenvalue weighted by atomic mass is 16.5. The quantitative estimate of drug-likeness (QED) is 0.670. The lowest BCUT2D eigenvalue weighted by molar-refractivity contribution is -0.0832. The van der Waals surface area contributed by atoms with E-state index in [9.17, 15) is 10.4 Å². The van der Waals surface area contributed by atoms with Crippen molar-refractivity contribution in [1.82, 2.24) is 24.6 Å². The van der Waals surface area contributed by atoms with Gasteiger partial charge in [-0.15, -0.1) is 0 Å². The fraction of sp³-hybridized carbons (Fsp3) is 0.519. The summed E-state index contributed by atoms with van der Waals surface area (Å²) in [6, 6.07) is 7.45. The van der Waals surface area contributed by atoms with E-state index in [1.54, 1.807) is 24.7 Å². The Morgan fingerprint density at radius 3 is 2.66 bits per heavy atom. The first-order chi connectivity index (χ1) is 16.9. The summed E-state index contributed by atoms with van der Waals surface area (Å²) in [4.78, 5) is 9.58. The first-order valence-corrected chi connectivity index (χ1v) is 12.4. The number of pyridine rings is 1. The van der Waals surface area contributed by atoms with Crippen LogP contribution in [0.25, 0.3) is 6.20 Å². The number of hydrogen-bond acceptors (Lipinski definition) is 7. The van der Waals surface area contributed by atoms with E-state index in [-0.39, 0.29) is 6.04 Å². The Labute approximate surface area is 205 Å². The van der Waals surface area contributed by atoms with E-state index in [1.807, 2.05) is 18.5 Å². The van der Waals surface area contributed by atoms with E-state index in [0.29, 0.717) is 30.2 Å². The Balaban J connectivity index is 1.16. The van der Waals surface area contributed by atoms with E-state index >= 15 is 0 Å². The molecule has 180 valence electrons. The van der Waals surface area contributed by atoms with Crippen molar-refractivity contribution in [1.29, 1.82) is 5.26 Å². The van der Waals surface area contributed by atoms with Crippen LogP contribution >= 0.6 is 0 Å². The Morgan fingerprint density at radius 1 is 1.20 bits per heavy atom. The molecule has 4 aliphatic heterocycles. The summed E-state index contributed by atoms with van der Waals surface area (Å²) in [6.07, 6.45) is 10.0. The third kappa shape index (κ3) is 4.58. The normalized spacial score (nSPS) is 26.0. The molecule has 2 aromatic rings. The number of nitrogens with zero attached hydrogens (tertiary/aromatic N) is 6. The first-order valence-electron chi connectivity index (χ1n) is 12.4. The summed E-state index contributed by atoms with van der Waals surface area (Å²) in [6.45, 7) is 6.19. The van der Waals surface area contributed by atoms with E-state index < -0.39 is 5.60 Å². The van der Waals surface area contributed by atoms with Crippen LogP contribution in [0.1, 0.15) is 49.9 Å². The van der Waals surface area contributed by atoms with Crippen LogP contribution in [0.4, 0.5) is 0 Å². The van der Waals surface area contributed by atoms with Crippen molar-refractivity contribution in [3.8, 4) is 23.8 Å². The minimum absolute atomic E-state index is 0.0779. The molecule has 1 aliphatic carbocycles. The van der Waals surface area contributed by atoms with Crippen molar-refractivity contribution in [3.63, 3.8) is 0 Å². The molecule has 8 nitrogen and oxygen atoms in total. The van der Waals surface area contributed by atoms with Gasteiger partial charge in [-0.25, -0.2) is 9.67 Å². The lowest BCUT2D eigenvalue weighted by Gasteiger charge is -2.58. The van der Waals surface area contributed by atoms with Crippen molar-refractivity contribution in [3.05, 3.63) is 46.9 Å². The summed E-state index contributed by atoms with van der Waals surface area (Å²) in [5.41, 5.74) is 2.64. The highest BCUT2D eigenvalue weighted by molar-refractivity contribution is 5.53. The fourth-order valence-electron chi connectivity index (χ4n) is 5.35. The van der Waals surface area contributed by atoms with Crippen molar-refractivity contribution < 1.29 is 9.84 Å². The third-order valence-electron chi connectivity index (χ3n) is 7.33. The highest BCUT2D eigenvalue weighted by Crippen LogP contribution is 2.37.